The normalized spacial score (nSPS) is 14.3. The first-order valence-electron chi connectivity index (χ1n) is 4.09. The molecule has 1 heteroatoms. The standard InChI is InChI=1S/C9H18O/c1-4-7-9(6-3)10-8-5-2/h4,7,9H,5-6,8H2,1-3H3. The van der Waals surface area contributed by atoms with E-state index in [1.54, 1.807) is 0 Å². The van der Waals surface area contributed by atoms with Gasteiger partial charge in [-0.3, -0.25) is 0 Å². The van der Waals surface area contributed by atoms with Gasteiger partial charge in [-0.2, -0.15) is 0 Å². The van der Waals surface area contributed by atoms with Crippen LogP contribution in [0.4, 0.5) is 0 Å². The predicted octanol–water partition coefficient (Wildman–Crippen LogP) is 2.77. The van der Waals surface area contributed by atoms with Gasteiger partial charge in [0.15, 0.2) is 0 Å². The van der Waals surface area contributed by atoms with Crippen molar-refractivity contribution in [3.8, 4) is 0 Å². The highest BCUT2D eigenvalue weighted by Gasteiger charge is 1.97. The third-order valence-electron chi connectivity index (χ3n) is 1.35. The van der Waals surface area contributed by atoms with Gasteiger partial charge in [0, 0.05) is 6.61 Å². The van der Waals surface area contributed by atoms with E-state index in [1.807, 2.05) is 13.0 Å². The molecule has 0 fully saturated rings. The van der Waals surface area contributed by atoms with Gasteiger partial charge in [0.25, 0.3) is 0 Å². The maximum atomic E-state index is 5.49. The number of hydrogen-bond donors (Lipinski definition) is 0. The van der Waals surface area contributed by atoms with E-state index in [0.29, 0.717) is 6.10 Å². The van der Waals surface area contributed by atoms with Crippen molar-refractivity contribution in [3.05, 3.63) is 12.2 Å². The Kier molecular flexibility index (Phi) is 6.61. The molecule has 1 unspecified atom stereocenters. The fourth-order valence-electron chi connectivity index (χ4n) is 0.793. The summed E-state index contributed by atoms with van der Waals surface area (Å²) in [4.78, 5) is 0. The first kappa shape index (κ1) is 9.70. The fraction of sp³-hybridized carbons (Fsp3) is 0.778. The zero-order chi connectivity index (χ0) is 7.82. The van der Waals surface area contributed by atoms with Crippen LogP contribution in [0.15, 0.2) is 12.2 Å². The molecule has 0 amide bonds. The first-order chi connectivity index (χ1) is 4.85. The van der Waals surface area contributed by atoms with Crippen LogP contribution in [0, 0.1) is 0 Å². The van der Waals surface area contributed by atoms with Crippen LogP contribution in [0.3, 0.4) is 0 Å². The van der Waals surface area contributed by atoms with E-state index in [9.17, 15) is 0 Å². The number of hydrogen-bond acceptors (Lipinski definition) is 1. The Hall–Kier alpha value is -0.300. The highest BCUT2D eigenvalue weighted by molar-refractivity contribution is 4.85. The Labute approximate surface area is 64.1 Å². The number of ether oxygens (including phenoxy) is 1. The van der Waals surface area contributed by atoms with Crippen molar-refractivity contribution in [2.24, 2.45) is 0 Å². The minimum absolute atomic E-state index is 0.338. The molecule has 0 rings (SSSR count). The molecule has 10 heavy (non-hydrogen) atoms. The van der Waals surface area contributed by atoms with E-state index in [0.717, 1.165) is 19.4 Å². The summed E-state index contributed by atoms with van der Waals surface area (Å²) in [6, 6.07) is 0. The molecule has 0 N–H and O–H groups in total. The highest BCUT2D eigenvalue weighted by Crippen LogP contribution is 1.99. The van der Waals surface area contributed by atoms with Gasteiger partial charge < -0.3 is 4.74 Å². The minimum Gasteiger partial charge on any atom is -0.374 e. The van der Waals surface area contributed by atoms with Crippen molar-refractivity contribution in [1.82, 2.24) is 0 Å². The van der Waals surface area contributed by atoms with Gasteiger partial charge >= 0.3 is 0 Å². The van der Waals surface area contributed by atoms with Gasteiger partial charge in [-0.15, -0.1) is 0 Å². The monoisotopic (exact) mass is 142 g/mol. The van der Waals surface area contributed by atoms with Gasteiger partial charge in [0.1, 0.15) is 0 Å². The molecular formula is C9H18O. The van der Waals surface area contributed by atoms with Crippen LogP contribution < -0.4 is 0 Å². The Morgan fingerprint density at radius 3 is 2.50 bits per heavy atom. The molecule has 0 heterocycles. The van der Waals surface area contributed by atoms with Crippen molar-refractivity contribution in [2.45, 2.75) is 39.7 Å². The third-order valence-corrected chi connectivity index (χ3v) is 1.35. The predicted molar refractivity (Wildman–Crippen MR) is 45.1 cm³/mol. The van der Waals surface area contributed by atoms with Crippen molar-refractivity contribution < 1.29 is 4.74 Å². The molecule has 0 aliphatic heterocycles. The Morgan fingerprint density at radius 2 is 2.10 bits per heavy atom. The van der Waals surface area contributed by atoms with Crippen LogP contribution >= 0.6 is 0 Å². The van der Waals surface area contributed by atoms with E-state index in [-0.39, 0.29) is 0 Å². The number of allylic oxidation sites excluding steroid dienone is 1. The van der Waals surface area contributed by atoms with Gasteiger partial charge in [-0.25, -0.2) is 0 Å². The molecule has 0 aliphatic rings. The molecule has 0 aliphatic carbocycles. The molecule has 0 aromatic carbocycles. The molecule has 0 spiro atoms. The van der Waals surface area contributed by atoms with Gasteiger partial charge in [0.2, 0.25) is 0 Å². The third kappa shape index (κ3) is 4.57. The molecule has 1 atom stereocenters. The quantitative estimate of drug-likeness (QED) is 0.536. The minimum atomic E-state index is 0.338. The second kappa shape index (κ2) is 6.81. The van der Waals surface area contributed by atoms with E-state index >= 15 is 0 Å². The van der Waals surface area contributed by atoms with Crippen molar-refractivity contribution in [3.63, 3.8) is 0 Å². The zero-order valence-corrected chi connectivity index (χ0v) is 7.26. The van der Waals surface area contributed by atoms with Crippen molar-refractivity contribution >= 4 is 0 Å². The summed E-state index contributed by atoms with van der Waals surface area (Å²) in [6.07, 6.45) is 6.67. The molecule has 0 aromatic heterocycles. The molecule has 0 bridgehead atoms. The van der Waals surface area contributed by atoms with Crippen molar-refractivity contribution in [1.29, 1.82) is 0 Å². The molecule has 1 nitrogen and oxygen atoms in total. The summed E-state index contributed by atoms with van der Waals surface area (Å²) in [5, 5.41) is 0. The maximum Gasteiger partial charge on any atom is 0.0753 e. The molecule has 0 saturated carbocycles. The lowest BCUT2D eigenvalue weighted by molar-refractivity contribution is 0.0832. The van der Waals surface area contributed by atoms with Crippen LogP contribution in [0.25, 0.3) is 0 Å². The summed E-state index contributed by atoms with van der Waals surface area (Å²) in [5.74, 6) is 0. The van der Waals surface area contributed by atoms with Gasteiger partial charge in [0.05, 0.1) is 6.10 Å². The van der Waals surface area contributed by atoms with Crippen molar-refractivity contribution in [2.75, 3.05) is 6.61 Å². The zero-order valence-electron chi connectivity index (χ0n) is 7.26. The Balaban J connectivity index is 3.39. The molecular weight excluding hydrogens is 124 g/mol. The van der Waals surface area contributed by atoms with Crippen LogP contribution in [0.5, 0.6) is 0 Å². The van der Waals surface area contributed by atoms with Crippen LogP contribution in [-0.4, -0.2) is 12.7 Å². The van der Waals surface area contributed by atoms with Crippen LogP contribution in [-0.2, 0) is 4.74 Å². The Morgan fingerprint density at radius 1 is 1.40 bits per heavy atom. The summed E-state index contributed by atoms with van der Waals surface area (Å²) in [6.45, 7) is 7.17. The van der Waals surface area contributed by atoms with Crippen LogP contribution in [0.1, 0.15) is 33.6 Å². The smallest absolute Gasteiger partial charge is 0.0753 e. The van der Waals surface area contributed by atoms with E-state index in [2.05, 4.69) is 19.9 Å². The molecule has 0 saturated heterocycles. The van der Waals surface area contributed by atoms with E-state index < -0.39 is 0 Å². The second-order valence-electron chi connectivity index (χ2n) is 2.34. The topological polar surface area (TPSA) is 9.23 Å². The van der Waals surface area contributed by atoms with Gasteiger partial charge in [-0.05, 0) is 19.8 Å². The van der Waals surface area contributed by atoms with E-state index in [1.165, 1.54) is 0 Å². The lowest BCUT2D eigenvalue weighted by Gasteiger charge is -2.09. The Bertz CT molecular complexity index is 86.7. The molecule has 60 valence electrons. The SMILES string of the molecule is CC=CC(CC)OCCC. The maximum absolute atomic E-state index is 5.49. The lowest BCUT2D eigenvalue weighted by atomic mass is 10.2. The largest absolute Gasteiger partial charge is 0.374 e. The molecule has 0 aromatic rings. The second-order valence-corrected chi connectivity index (χ2v) is 2.34. The van der Waals surface area contributed by atoms with E-state index in [4.69, 9.17) is 4.74 Å². The average Bonchev–Trinajstić information content (AvgIpc) is 1.98. The summed E-state index contributed by atoms with van der Waals surface area (Å²) in [7, 11) is 0. The van der Waals surface area contributed by atoms with Crippen LogP contribution in [0.2, 0.25) is 0 Å². The first-order valence-corrected chi connectivity index (χ1v) is 4.09. The summed E-state index contributed by atoms with van der Waals surface area (Å²) >= 11 is 0. The van der Waals surface area contributed by atoms with Gasteiger partial charge in [-0.1, -0.05) is 26.0 Å². The number of rotatable bonds is 5. The summed E-state index contributed by atoms with van der Waals surface area (Å²) in [5.41, 5.74) is 0. The fourth-order valence-corrected chi connectivity index (χ4v) is 0.793. The summed E-state index contributed by atoms with van der Waals surface area (Å²) < 4.78 is 5.49. The lowest BCUT2D eigenvalue weighted by Crippen LogP contribution is -2.08. The average molecular weight is 142 g/mol. The highest BCUT2D eigenvalue weighted by atomic mass is 16.5. The molecule has 0 radical (unpaired) electrons.